The van der Waals surface area contributed by atoms with Crippen molar-refractivity contribution in [3.63, 3.8) is 0 Å². The first-order valence-corrected chi connectivity index (χ1v) is 5.68. The Bertz CT molecular complexity index is 710. The fourth-order valence-electron chi connectivity index (χ4n) is 2.42. The molecule has 1 aliphatic carbocycles. The van der Waals surface area contributed by atoms with Crippen molar-refractivity contribution in [1.29, 1.82) is 0 Å². The van der Waals surface area contributed by atoms with Crippen LogP contribution in [0.4, 0.5) is 5.69 Å². The summed E-state index contributed by atoms with van der Waals surface area (Å²) in [5, 5.41) is 18.4. The fraction of sp³-hybridized carbons (Fsp3) is 0.0714. The highest BCUT2D eigenvalue weighted by molar-refractivity contribution is 6.36. The maximum absolute atomic E-state index is 11.4. The van der Waals surface area contributed by atoms with Crippen LogP contribution in [-0.2, 0) is 9.59 Å². The molecule has 3 rings (SSSR count). The number of fused-ring (bicyclic) bond motifs is 3. The van der Waals surface area contributed by atoms with Crippen molar-refractivity contribution < 1.29 is 19.8 Å². The molecule has 1 aromatic carbocycles. The van der Waals surface area contributed by atoms with Crippen molar-refractivity contribution in [1.82, 2.24) is 0 Å². The molecule has 0 spiro atoms. The van der Waals surface area contributed by atoms with E-state index in [9.17, 15) is 14.7 Å². The van der Waals surface area contributed by atoms with E-state index < -0.39 is 11.9 Å². The number of para-hydroxylation sites is 1. The Hall–Kier alpha value is -2.69. The van der Waals surface area contributed by atoms with Gasteiger partial charge in [-0.25, -0.2) is 9.59 Å². The maximum Gasteiger partial charge on any atom is 0.337 e. The van der Waals surface area contributed by atoms with Gasteiger partial charge in [0.15, 0.2) is 0 Å². The molecule has 1 aliphatic heterocycles. The summed E-state index contributed by atoms with van der Waals surface area (Å²) in [5.41, 5.74) is 2.07. The van der Waals surface area contributed by atoms with Crippen molar-refractivity contribution in [3.05, 3.63) is 47.1 Å². The highest BCUT2D eigenvalue weighted by Crippen LogP contribution is 2.41. The average molecular weight is 255 g/mol. The van der Waals surface area contributed by atoms with Crippen LogP contribution in [0.15, 0.2) is 46.5 Å². The molecule has 0 amide bonds. The molecule has 5 heteroatoms. The zero-order valence-corrected chi connectivity index (χ0v) is 9.75. The summed E-state index contributed by atoms with van der Waals surface area (Å²) in [4.78, 5) is 26.9. The number of carboxylic acid groups (broad SMARTS) is 2. The number of aliphatic imine (C=N–C) groups is 1. The number of benzene rings is 1. The van der Waals surface area contributed by atoms with Crippen LogP contribution in [-0.4, -0.2) is 27.9 Å². The Morgan fingerprint density at radius 2 is 1.84 bits per heavy atom. The normalized spacial score (nSPS) is 16.4. The minimum absolute atomic E-state index is 0.168. The minimum Gasteiger partial charge on any atom is -0.478 e. The predicted molar refractivity (Wildman–Crippen MR) is 68.4 cm³/mol. The van der Waals surface area contributed by atoms with E-state index in [1.807, 2.05) is 6.07 Å². The molecule has 0 fully saturated rings. The van der Waals surface area contributed by atoms with Crippen LogP contribution in [0.2, 0.25) is 0 Å². The van der Waals surface area contributed by atoms with Crippen molar-refractivity contribution in [2.75, 3.05) is 0 Å². The van der Waals surface area contributed by atoms with E-state index in [4.69, 9.17) is 5.11 Å². The lowest BCUT2D eigenvalue weighted by Gasteiger charge is -2.15. The Morgan fingerprint density at radius 1 is 1.11 bits per heavy atom. The van der Waals surface area contributed by atoms with Gasteiger partial charge in [0, 0.05) is 17.6 Å². The van der Waals surface area contributed by atoms with Gasteiger partial charge < -0.3 is 10.2 Å². The summed E-state index contributed by atoms with van der Waals surface area (Å²) in [6.07, 6.45) is 1.74. The zero-order chi connectivity index (χ0) is 13.6. The fourth-order valence-corrected chi connectivity index (χ4v) is 2.42. The smallest absolute Gasteiger partial charge is 0.337 e. The Morgan fingerprint density at radius 3 is 2.53 bits per heavy atom. The third-order valence-corrected chi connectivity index (χ3v) is 3.18. The van der Waals surface area contributed by atoms with Crippen LogP contribution in [0, 0.1) is 0 Å². The van der Waals surface area contributed by atoms with Gasteiger partial charge in [-0.3, -0.25) is 4.99 Å². The largest absolute Gasteiger partial charge is 0.478 e. The van der Waals surface area contributed by atoms with Gasteiger partial charge in [-0.1, -0.05) is 24.3 Å². The highest BCUT2D eigenvalue weighted by atomic mass is 16.4. The third-order valence-electron chi connectivity index (χ3n) is 3.18. The number of aliphatic carboxylic acids is 2. The van der Waals surface area contributed by atoms with Crippen LogP contribution in [0.1, 0.15) is 12.0 Å². The van der Waals surface area contributed by atoms with Crippen LogP contribution in [0.25, 0.3) is 5.57 Å². The molecule has 19 heavy (non-hydrogen) atoms. The Kier molecular flexibility index (Phi) is 2.35. The monoisotopic (exact) mass is 255 g/mol. The molecule has 0 bridgehead atoms. The maximum atomic E-state index is 11.4. The van der Waals surface area contributed by atoms with Gasteiger partial charge in [-0.15, -0.1) is 0 Å². The van der Waals surface area contributed by atoms with Gasteiger partial charge in [0.2, 0.25) is 0 Å². The van der Waals surface area contributed by atoms with Crippen LogP contribution in [0.3, 0.4) is 0 Å². The predicted octanol–water partition coefficient (Wildman–Crippen LogP) is 2.03. The van der Waals surface area contributed by atoms with Crippen LogP contribution in [0.5, 0.6) is 0 Å². The standard InChI is InChI=1S/C14H9NO4/c16-13(17)8-5-6-10-11(12(8)14(18)19)7-3-1-2-4-9(7)15-10/h1-5H,6H2,(H,16,17)(H,18,19). The van der Waals surface area contributed by atoms with Crippen LogP contribution >= 0.6 is 0 Å². The molecule has 2 N–H and O–H groups in total. The quantitative estimate of drug-likeness (QED) is 0.846. The SMILES string of the molecule is O=C(O)C1=CCC2=Nc3ccccc3C2=C1C(=O)O. The number of rotatable bonds is 2. The van der Waals surface area contributed by atoms with E-state index in [1.165, 1.54) is 6.08 Å². The molecular weight excluding hydrogens is 246 g/mol. The molecule has 0 radical (unpaired) electrons. The second-order valence-electron chi connectivity index (χ2n) is 4.26. The van der Waals surface area contributed by atoms with E-state index in [-0.39, 0.29) is 11.1 Å². The lowest BCUT2D eigenvalue weighted by atomic mass is 9.86. The molecule has 0 atom stereocenters. The second kappa shape index (κ2) is 3.91. The van der Waals surface area contributed by atoms with E-state index in [2.05, 4.69) is 4.99 Å². The first-order valence-electron chi connectivity index (χ1n) is 5.68. The van der Waals surface area contributed by atoms with Gasteiger partial charge in [-0.2, -0.15) is 0 Å². The van der Waals surface area contributed by atoms with Gasteiger partial charge in [0.25, 0.3) is 0 Å². The minimum atomic E-state index is -1.24. The Balaban J connectivity index is 2.31. The van der Waals surface area contributed by atoms with Crippen LogP contribution < -0.4 is 0 Å². The van der Waals surface area contributed by atoms with E-state index in [0.29, 0.717) is 29.0 Å². The molecule has 2 aliphatic rings. The summed E-state index contributed by atoms with van der Waals surface area (Å²) in [5.74, 6) is -2.47. The lowest BCUT2D eigenvalue weighted by molar-refractivity contribution is -0.136. The number of carbonyl (C=O) groups is 2. The molecular formula is C14H9NO4. The second-order valence-corrected chi connectivity index (χ2v) is 4.26. The topological polar surface area (TPSA) is 87.0 Å². The summed E-state index contributed by atoms with van der Waals surface area (Å²) in [6.45, 7) is 0. The lowest BCUT2D eigenvalue weighted by Crippen LogP contribution is -2.19. The number of hydrogen-bond donors (Lipinski definition) is 2. The highest BCUT2D eigenvalue weighted by Gasteiger charge is 2.33. The number of allylic oxidation sites excluding steroid dienone is 2. The number of nitrogens with zero attached hydrogens (tertiary/aromatic N) is 1. The molecule has 0 saturated carbocycles. The van der Waals surface area contributed by atoms with Crippen molar-refractivity contribution in [2.24, 2.45) is 4.99 Å². The van der Waals surface area contributed by atoms with Crippen molar-refractivity contribution >= 4 is 28.9 Å². The van der Waals surface area contributed by atoms with Crippen molar-refractivity contribution in [3.8, 4) is 0 Å². The van der Waals surface area contributed by atoms with E-state index in [0.717, 1.165) is 0 Å². The molecule has 94 valence electrons. The van der Waals surface area contributed by atoms with Gasteiger partial charge >= 0.3 is 11.9 Å². The van der Waals surface area contributed by atoms with Gasteiger partial charge in [0.05, 0.1) is 22.5 Å². The molecule has 1 heterocycles. The average Bonchev–Trinajstić information content (AvgIpc) is 2.75. The zero-order valence-electron chi connectivity index (χ0n) is 9.75. The summed E-state index contributed by atoms with van der Waals surface area (Å²) < 4.78 is 0. The number of hydrogen-bond acceptors (Lipinski definition) is 3. The molecule has 0 aromatic heterocycles. The Labute approximate surface area is 108 Å². The molecule has 1 aromatic rings. The molecule has 5 nitrogen and oxygen atoms in total. The first-order chi connectivity index (χ1) is 9.09. The third kappa shape index (κ3) is 1.59. The molecule has 0 unspecified atom stereocenters. The van der Waals surface area contributed by atoms with Gasteiger partial charge in [-0.05, 0) is 6.07 Å². The van der Waals surface area contributed by atoms with Crippen molar-refractivity contribution in [2.45, 2.75) is 6.42 Å². The summed E-state index contributed by atoms with van der Waals surface area (Å²) in [7, 11) is 0. The number of carboxylic acids is 2. The summed E-state index contributed by atoms with van der Waals surface area (Å²) >= 11 is 0. The van der Waals surface area contributed by atoms with E-state index in [1.54, 1.807) is 18.2 Å². The summed E-state index contributed by atoms with van der Waals surface area (Å²) in [6, 6.07) is 7.14. The first kappa shape index (κ1) is 11.4. The van der Waals surface area contributed by atoms with Gasteiger partial charge in [0.1, 0.15) is 0 Å². The van der Waals surface area contributed by atoms with E-state index >= 15 is 0 Å². The molecule has 0 saturated heterocycles.